The molecule has 1 saturated heterocycles. The number of rotatable bonds is 9. The highest BCUT2D eigenvalue weighted by Gasteiger charge is 2.12. The monoisotopic (exact) mass is 254 g/mol. The average molecular weight is 254 g/mol. The molecule has 0 aromatic heterocycles. The molecule has 2 N–H and O–H groups in total. The van der Waals surface area contributed by atoms with Crippen molar-refractivity contribution in [2.24, 2.45) is 5.92 Å². The second kappa shape index (κ2) is 10.4. The number of hydrogen-bond donors (Lipinski definition) is 2. The Morgan fingerprint density at radius 3 is 2.83 bits per heavy atom. The van der Waals surface area contributed by atoms with Crippen LogP contribution in [0.25, 0.3) is 0 Å². The number of amides is 1. The molecule has 1 rings (SSSR count). The van der Waals surface area contributed by atoms with E-state index in [0.29, 0.717) is 6.42 Å². The zero-order valence-corrected chi connectivity index (χ0v) is 12.0. The number of carbonyl (C=O) groups excluding carboxylic acids is 1. The normalized spacial score (nSPS) is 19.7. The van der Waals surface area contributed by atoms with Gasteiger partial charge in [-0.05, 0) is 44.7 Å². The summed E-state index contributed by atoms with van der Waals surface area (Å²) in [4.78, 5) is 11.6. The van der Waals surface area contributed by atoms with Gasteiger partial charge in [0.1, 0.15) is 0 Å². The van der Waals surface area contributed by atoms with Gasteiger partial charge >= 0.3 is 0 Å². The molecule has 0 aromatic rings. The van der Waals surface area contributed by atoms with Crippen LogP contribution in [0, 0.1) is 5.92 Å². The minimum absolute atomic E-state index is 0.246. The molecular formula is C15H30N2O. The lowest BCUT2D eigenvalue weighted by atomic mass is 9.96. The van der Waals surface area contributed by atoms with E-state index in [-0.39, 0.29) is 5.91 Å². The van der Waals surface area contributed by atoms with Crippen LogP contribution in [0.4, 0.5) is 0 Å². The van der Waals surface area contributed by atoms with E-state index < -0.39 is 0 Å². The van der Waals surface area contributed by atoms with Gasteiger partial charge in [-0.1, -0.05) is 32.6 Å². The molecule has 18 heavy (non-hydrogen) atoms. The lowest BCUT2D eigenvalue weighted by molar-refractivity contribution is -0.121. The summed E-state index contributed by atoms with van der Waals surface area (Å²) in [5, 5.41) is 6.47. The van der Waals surface area contributed by atoms with Crippen LogP contribution in [0.5, 0.6) is 0 Å². The predicted molar refractivity (Wildman–Crippen MR) is 76.6 cm³/mol. The van der Waals surface area contributed by atoms with Crippen LogP contribution in [0.3, 0.4) is 0 Å². The predicted octanol–water partition coefficient (Wildman–Crippen LogP) is 2.85. The van der Waals surface area contributed by atoms with Crippen molar-refractivity contribution in [3.05, 3.63) is 0 Å². The Labute approximate surface area is 112 Å². The number of hydrogen-bond acceptors (Lipinski definition) is 2. The van der Waals surface area contributed by atoms with Crippen LogP contribution in [0.1, 0.15) is 64.7 Å². The molecular weight excluding hydrogens is 224 g/mol. The average Bonchev–Trinajstić information content (AvgIpc) is 2.40. The van der Waals surface area contributed by atoms with Crippen molar-refractivity contribution in [2.75, 3.05) is 19.6 Å². The molecule has 0 spiro atoms. The highest BCUT2D eigenvalue weighted by atomic mass is 16.1. The van der Waals surface area contributed by atoms with E-state index in [2.05, 4.69) is 17.6 Å². The summed E-state index contributed by atoms with van der Waals surface area (Å²) in [7, 11) is 0. The zero-order valence-electron chi connectivity index (χ0n) is 12.0. The summed E-state index contributed by atoms with van der Waals surface area (Å²) in [5.41, 5.74) is 0. The first kappa shape index (κ1) is 15.5. The van der Waals surface area contributed by atoms with E-state index in [1.165, 1.54) is 45.1 Å². The Kier molecular flexibility index (Phi) is 8.92. The van der Waals surface area contributed by atoms with Gasteiger partial charge in [-0.25, -0.2) is 0 Å². The van der Waals surface area contributed by atoms with Gasteiger partial charge in [-0.2, -0.15) is 0 Å². The van der Waals surface area contributed by atoms with Crippen molar-refractivity contribution in [2.45, 2.75) is 64.7 Å². The zero-order chi connectivity index (χ0) is 13.1. The smallest absolute Gasteiger partial charge is 0.219 e. The van der Waals surface area contributed by atoms with Gasteiger partial charge in [0.25, 0.3) is 0 Å². The van der Waals surface area contributed by atoms with Crippen LogP contribution in [0.15, 0.2) is 0 Å². The van der Waals surface area contributed by atoms with Crippen molar-refractivity contribution in [1.29, 1.82) is 0 Å². The Morgan fingerprint density at radius 2 is 2.11 bits per heavy atom. The van der Waals surface area contributed by atoms with Crippen LogP contribution in [0.2, 0.25) is 0 Å². The third-order valence-electron chi connectivity index (χ3n) is 3.78. The minimum atomic E-state index is 0.246. The third kappa shape index (κ3) is 7.70. The molecule has 1 aliphatic rings. The molecule has 0 bridgehead atoms. The number of carbonyl (C=O) groups is 1. The first-order valence-electron chi connectivity index (χ1n) is 7.80. The second-order valence-electron chi connectivity index (χ2n) is 5.52. The van der Waals surface area contributed by atoms with Crippen molar-refractivity contribution in [3.63, 3.8) is 0 Å². The number of piperidine rings is 1. The van der Waals surface area contributed by atoms with Crippen LogP contribution in [-0.2, 0) is 4.79 Å². The second-order valence-corrected chi connectivity index (χ2v) is 5.52. The SMILES string of the molecule is CCCCCCCC(=O)NCCC1CCCNC1. The van der Waals surface area contributed by atoms with E-state index in [4.69, 9.17) is 0 Å². The fourth-order valence-corrected chi connectivity index (χ4v) is 2.56. The van der Waals surface area contributed by atoms with E-state index in [1.54, 1.807) is 0 Å². The minimum Gasteiger partial charge on any atom is -0.356 e. The van der Waals surface area contributed by atoms with Gasteiger partial charge in [-0.15, -0.1) is 0 Å². The van der Waals surface area contributed by atoms with Crippen LogP contribution < -0.4 is 10.6 Å². The summed E-state index contributed by atoms with van der Waals surface area (Å²) in [6.45, 7) is 5.38. The van der Waals surface area contributed by atoms with E-state index in [9.17, 15) is 4.79 Å². The topological polar surface area (TPSA) is 41.1 Å². The summed E-state index contributed by atoms with van der Waals surface area (Å²) in [6, 6.07) is 0. The first-order chi connectivity index (χ1) is 8.83. The lowest BCUT2D eigenvalue weighted by Gasteiger charge is -2.22. The van der Waals surface area contributed by atoms with Gasteiger partial charge in [0.2, 0.25) is 5.91 Å². The number of unbranched alkanes of at least 4 members (excludes halogenated alkanes) is 4. The molecule has 1 heterocycles. The van der Waals surface area contributed by atoms with Gasteiger partial charge in [0.15, 0.2) is 0 Å². The van der Waals surface area contributed by atoms with E-state index in [1.807, 2.05) is 0 Å². The Morgan fingerprint density at radius 1 is 1.28 bits per heavy atom. The van der Waals surface area contributed by atoms with Gasteiger partial charge in [-0.3, -0.25) is 4.79 Å². The standard InChI is InChI=1S/C15H30N2O/c1-2-3-4-5-6-9-15(18)17-12-10-14-8-7-11-16-13-14/h14,16H,2-13H2,1H3,(H,17,18). The molecule has 1 aliphatic heterocycles. The maximum atomic E-state index is 11.6. The molecule has 3 heteroatoms. The first-order valence-corrected chi connectivity index (χ1v) is 7.80. The Bertz CT molecular complexity index is 213. The Balaban J connectivity index is 1.89. The van der Waals surface area contributed by atoms with E-state index in [0.717, 1.165) is 31.8 Å². The molecule has 106 valence electrons. The van der Waals surface area contributed by atoms with Crippen LogP contribution >= 0.6 is 0 Å². The van der Waals surface area contributed by atoms with Crippen molar-refractivity contribution in [1.82, 2.24) is 10.6 Å². The fourth-order valence-electron chi connectivity index (χ4n) is 2.56. The highest BCUT2D eigenvalue weighted by molar-refractivity contribution is 5.75. The molecule has 0 aliphatic carbocycles. The van der Waals surface area contributed by atoms with Gasteiger partial charge in [0.05, 0.1) is 0 Å². The molecule has 0 saturated carbocycles. The van der Waals surface area contributed by atoms with Crippen molar-refractivity contribution in [3.8, 4) is 0 Å². The molecule has 1 unspecified atom stereocenters. The number of nitrogens with one attached hydrogen (secondary N) is 2. The Hall–Kier alpha value is -0.570. The van der Waals surface area contributed by atoms with Crippen LogP contribution in [-0.4, -0.2) is 25.5 Å². The lowest BCUT2D eigenvalue weighted by Crippen LogP contribution is -2.33. The van der Waals surface area contributed by atoms with Crippen molar-refractivity contribution >= 4 is 5.91 Å². The highest BCUT2D eigenvalue weighted by Crippen LogP contribution is 2.13. The summed E-state index contributed by atoms with van der Waals surface area (Å²) >= 11 is 0. The largest absolute Gasteiger partial charge is 0.356 e. The fraction of sp³-hybridized carbons (Fsp3) is 0.933. The molecule has 1 amide bonds. The summed E-state index contributed by atoms with van der Waals surface area (Å²) < 4.78 is 0. The molecule has 1 atom stereocenters. The van der Waals surface area contributed by atoms with Crippen molar-refractivity contribution < 1.29 is 4.79 Å². The van der Waals surface area contributed by atoms with Gasteiger partial charge in [0, 0.05) is 13.0 Å². The summed E-state index contributed by atoms with van der Waals surface area (Å²) in [6.07, 6.45) is 10.6. The third-order valence-corrected chi connectivity index (χ3v) is 3.78. The molecule has 3 nitrogen and oxygen atoms in total. The maximum absolute atomic E-state index is 11.6. The molecule has 1 fully saturated rings. The van der Waals surface area contributed by atoms with E-state index >= 15 is 0 Å². The molecule has 0 radical (unpaired) electrons. The van der Waals surface area contributed by atoms with Gasteiger partial charge < -0.3 is 10.6 Å². The maximum Gasteiger partial charge on any atom is 0.219 e. The quantitative estimate of drug-likeness (QED) is 0.621. The summed E-state index contributed by atoms with van der Waals surface area (Å²) in [5.74, 6) is 1.01. The molecule has 0 aromatic carbocycles.